The summed E-state index contributed by atoms with van der Waals surface area (Å²) in [4.78, 5) is 0. The lowest BCUT2D eigenvalue weighted by Crippen LogP contribution is -2.16. The summed E-state index contributed by atoms with van der Waals surface area (Å²) in [6.07, 6.45) is 1.03. The van der Waals surface area contributed by atoms with Crippen LogP contribution < -0.4 is 10.1 Å². The zero-order valence-corrected chi connectivity index (χ0v) is 11.2. The molecule has 0 aliphatic rings. The van der Waals surface area contributed by atoms with E-state index in [2.05, 4.69) is 22.1 Å². The van der Waals surface area contributed by atoms with Crippen LogP contribution in [0.3, 0.4) is 0 Å². The fraction of sp³-hybridized carbons (Fsp3) is 0.286. The van der Waals surface area contributed by atoms with Crippen LogP contribution in [0.5, 0.6) is 11.5 Å². The maximum absolute atomic E-state index is 9.65. The molecular formula is C14H17NO2S. The number of hydrogen-bond donors (Lipinski definition) is 2. The Morgan fingerprint density at radius 1 is 1.28 bits per heavy atom. The Morgan fingerprint density at radius 3 is 2.83 bits per heavy atom. The molecule has 0 aliphatic heterocycles. The Kier molecular flexibility index (Phi) is 4.61. The molecular weight excluding hydrogens is 246 g/mol. The van der Waals surface area contributed by atoms with Gasteiger partial charge in [-0.15, -0.1) is 0 Å². The molecule has 1 aromatic carbocycles. The molecule has 3 nitrogen and oxygen atoms in total. The molecule has 0 saturated carbocycles. The van der Waals surface area contributed by atoms with Crippen molar-refractivity contribution in [2.75, 3.05) is 13.7 Å². The number of phenols is 1. The number of benzene rings is 1. The van der Waals surface area contributed by atoms with Gasteiger partial charge in [0.1, 0.15) is 0 Å². The first-order valence-corrected chi connectivity index (χ1v) is 6.81. The highest BCUT2D eigenvalue weighted by atomic mass is 32.1. The molecule has 0 radical (unpaired) electrons. The molecule has 96 valence electrons. The van der Waals surface area contributed by atoms with Crippen LogP contribution in [0.25, 0.3) is 0 Å². The van der Waals surface area contributed by atoms with E-state index in [9.17, 15) is 5.11 Å². The van der Waals surface area contributed by atoms with Gasteiger partial charge in [0.25, 0.3) is 0 Å². The number of nitrogens with one attached hydrogen (secondary N) is 1. The van der Waals surface area contributed by atoms with E-state index in [0.29, 0.717) is 5.75 Å². The van der Waals surface area contributed by atoms with Crippen molar-refractivity contribution in [3.63, 3.8) is 0 Å². The zero-order valence-electron chi connectivity index (χ0n) is 10.3. The van der Waals surface area contributed by atoms with E-state index in [4.69, 9.17) is 4.74 Å². The maximum atomic E-state index is 9.65. The van der Waals surface area contributed by atoms with Crippen molar-refractivity contribution >= 4 is 11.3 Å². The van der Waals surface area contributed by atoms with Gasteiger partial charge in [-0.25, -0.2) is 0 Å². The normalized spacial score (nSPS) is 10.5. The molecule has 0 atom stereocenters. The van der Waals surface area contributed by atoms with E-state index >= 15 is 0 Å². The van der Waals surface area contributed by atoms with Gasteiger partial charge in [0.05, 0.1) is 7.11 Å². The molecule has 4 heteroatoms. The molecule has 2 rings (SSSR count). The fourth-order valence-corrected chi connectivity index (χ4v) is 2.45. The Labute approximate surface area is 111 Å². The first kappa shape index (κ1) is 12.9. The molecule has 0 fully saturated rings. The van der Waals surface area contributed by atoms with E-state index in [1.807, 2.05) is 6.07 Å². The SMILES string of the molecule is COc1ccc(CNCCc2ccsc2)cc1O. The molecule has 0 saturated heterocycles. The Hall–Kier alpha value is -1.52. The van der Waals surface area contributed by atoms with Crippen molar-refractivity contribution in [2.45, 2.75) is 13.0 Å². The van der Waals surface area contributed by atoms with E-state index in [1.165, 1.54) is 5.56 Å². The Balaban J connectivity index is 1.78. The van der Waals surface area contributed by atoms with E-state index in [1.54, 1.807) is 30.6 Å². The van der Waals surface area contributed by atoms with Crippen LogP contribution in [0, 0.1) is 0 Å². The van der Waals surface area contributed by atoms with E-state index in [0.717, 1.165) is 25.1 Å². The summed E-state index contributed by atoms with van der Waals surface area (Å²) in [6.45, 7) is 1.69. The van der Waals surface area contributed by atoms with Gasteiger partial charge in [0.2, 0.25) is 0 Å². The lowest BCUT2D eigenvalue weighted by molar-refractivity contribution is 0.373. The van der Waals surface area contributed by atoms with Crippen LogP contribution in [-0.4, -0.2) is 18.8 Å². The van der Waals surface area contributed by atoms with Gasteiger partial charge in [-0.2, -0.15) is 11.3 Å². The molecule has 2 aromatic rings. The summed E-state index contributed by atoms with van der Waals surface area (Å²) in [5.41, 5.74) is 2.42. The molecule has 1 aromatic heterocycles. The molecule has 0 bridgehead atoms. The largest absolute Gasteiger partial charge is 0.504 e. The Morgan fingerprint density at radius 2 is 2.17 bits per heavy atom. The van der Waals surface area contributed by atoms with Crippen molar-refractivity contribution in [1.82, 2.24) is 5.32 Å². The van der Waals surface area contributed by atoms with Crippen LogP contribution in [0.1, 0.15) is 11.1 Å². The van der Waals surface area contributed by atoms with Gasteiger partial charge < -0.3 is 15.2 Å². The first-order valence-electron chi connectivity index (χ1n) is 5.87. The quantitative estimate of drug-likeness (QED) is 0.787. The summed E-state index contributed by atoms with van der Waals surface area (Å²) < 4.78 is 5.01. The minimum absolute atomic E-state index is 0.189. The summed E-state index contributed by atoms with van der Waals surface area (Å²) in [5, 5.41) is 17.3. The lowest BCUT2D eigenvalue weighted by atomic mass is 10.2. The second kappa shape index (κ2) is 6.42. The van der Waals surface area contributed by atoms with Crippen molar-refractivity contribution in [3.8, 4) is 11.5 Å². The van der Waals surface area contributed by atoms with Crippen molar-refractivity contribution in [2.24, 2.45) is 0 Å². The maximum Gasteiger partial charge on any atom is 0.160 e. The highest BCUT2D eigenvalue weighted by Crippen LogP contribution is 2.25. The van der Waals surface area contributed by atoms with Gasteiger partial charge in [0, 0.05) is 6.54 Å². The monoisotopic (exact) mass is 263 g/mol. The zero-order chi connectivity index (χ0) is 12.8. The molecule has 0 unspecified atom stereocenters. The average molecular weight is 263 g/mol. The van der Waals surface area contributed by atoms with Gasteiger partial charge >= 0.3 is 0 Å². The smallest absolute Gasteiger partial charge is 0.160 e. The minimum Gasteiger partial charge on any atom is -0.504 e. The second-order valence-electron chi connectivity index (χ2n) is 4.06. The third kappa shape index (κ3) is 3.48. The number of phenolic OH excluding ortho intramolecular Hbond substituents is 1. The predicted octanol–water partition coefficient (Wildman–Crippen LogP) is 2.79. The minimum atomic E-state index is 0.189. The lowest BCUT2D eigenvalue weighted by Gasteiger charge is -2.07. The Bertz CT molecular complexity index is 483. The van der Waals surface area contributed by atoms with Crippen LogP contribution in [0.4, 0.5) is 0 Å². The number of ether oxygens (including phenoxy) is 1. The molecule has 0 spiro atoms. The topological polar surface area (TPSA) is 41.5 Å². The number of thiophene rings is 1. The third-order valence-corrected chi connectivity index (χ3v) is 3.47. The van der Waals surface area contributed by atoms with Gasteiger partial charge in [0.15, 0.2) is 11.5 Å². The molecule has 18 heavy (non-hydrogen) atoms. The van der Waals surface area contributed by atoms with E-state index in [-0.39, 0.29) is 5.75 Å². The van der Waals surface area contributed by atoms with E-state index < -0.39 is 0 Å². The van der Waals surface area contributed by atoms with Crippen LogP contribution in [-0.2, 0) is 13.0 Å². The number of rotatable bonds is 6. The van der Waals surface area contributed by atoms with Crippen molar-refractivity contribution in [1.29, 1.82) is 0 Å². The number of hydrogen-bond acceptors (Lipinski definition) is 4. The fourth-order valence-electron chi connectivity index (χ4n) is 1.75. The van der Waals surface area contributed by atoms with Crippen LogP contribution in [0.2, 0.25) is 0 Å². The summed E-state index contributed by atoms with van der Waals surface area (Å²) >= 11 is 1.73. The van der Waals surface area contributed by atoms with Gasteiger partial charge in [-0.3, -0.25) is 0 Å². The molecule has 2 N–H and O–H groups in total. The summed E-state index contributed by atoms with van der Waals surface area (Å²) in [5.74, 6) is 0.701. The molecule has 0 amide bonds. The van der Waals surface area contributed by atoms with Crippen LogP contribution >= 0.6 is 11.3 Å². The number of aromatic hydroxyl groups is 1. The summed E-state index contributed by atoms with van der Waals surface area (Å²) in [6, 6.07) is 7.61. The van der Waals surface area contributed by atoms with Crippen LogP contribution in [0.15, 0.2) is 35.0 Å². The second-order valence-corrected chi connectivity index (χ2v) is 4.84. The van der Waals surface area contributed by atoms with Gasteiger partial charge in [-0.05, 0) is 53.1 Å². The van der Waals surface area contributed by atoms with Gasteiger partial charge in [-0.1, -0.05) is 6.07 Å². The van der Waals surface area contributed by atoms with Crippen molar-refractivity contribution in [3.05, 3.63) is 46.2 Å². The highest BCUT2D eigenvalue weighted by Gasteiger charge is 2.02. The third-order valence-electron chi connectivity index (χ3n) is 2.74. The van der Waals surface area contributed by atoms with Crippen molar-refractivity contribution < 1.29 is 9.84 Å². The number of methoxy groups -OCH3 is 1. The average Bonchev–Trinajstić information content (AvgIpc) is 2.88. The predicted molar refractivity (Wildman–Crippen MR) is 74.4 cm³/mol. The first-order chi connectivity index (χ1) is 8.79. The standard InChI is InChI=1S/C14H17NO2S/c1-17-14-3-2-12(8-13(14)16)9-15-6-4-11-5-7-18-10-11/h2-3,5,7-8,10,15-16H,4,6,9H2,1H3. The summed E-state index contributed by atoms with van der Waals surface area (Å²) in [7, 11) is 1.55. The molecule has 1 heterocycles. The molecule has 0 aliphatic carbocycles. The highest BCUT2D eigenvalue weighted by molar-refractivity contribution is 7.07.